The average Bonchev–Trinajstić information content (AvgIpc) is 3.01. The van der Waals surface area contributed by atoms with E-state index in [1.165, 1.54) is 11.8 Å². The van der Waals surface area contributed by atoms with Crippen LogP contribution >= 0.6 is 23.4 Å². The minimum atomic E-state index is -0.0646. The lowest BCUT2D eigenvalue weighted by Crippen LogP contribution is -2.27. The summed E-state index contributed by atoms with van der Waals surface area (Å²) in [5.74, 6) is 0.177. The van der Waals surface area contributed by atoms with E-state index in [0.29, 0.717) is 23.3 Å². The summed E-state index contributed by atoms with van der Waals surface area (Å²) in [5.41, 5.74) is 0.751. The summed E-state index contributed by atoms with van der Waals surface area (Å²) in [5, 5.41) is 15.5. The minimum absolute atomic E-state index is 0.0646. The Balaban J connectivity index is 1.79. The molecule has 2 rings (SSSR count). The maximum absolute atomic E-state index is 11.9. The van der Waals surface area contributed by atoms with Crippen molar-refractivity contribution in [1.29, 1.82) is 0 Å². The predicted octanol–water partition coefficient (Wildman–Crippen LogP) is 2.34. The van der Waals surface area contributed by atoms with Crippen molar-refractivity contribution < 1.29 is 9.53 Å². The third kappa shape index (κ3) is 6.10. The molecule has 0 saturated heterocycles. The third-order valence-corrected chi connectivity index (χ3v) is 4.07. The van der Waals surface area contributed by atoms with Crippen LogP contribution in [0, 0.1) is 0 Å². The van der Waals surface area contributed by atoms with Crippen LogP contribution in [0.15, 0.2) is 29.4 Å². The third-order valence-electron chi connectivity index (χ3n) is 2.92. The number of amides is 1. The second-order valence-corrected chi connectivity index (χ2v) is 6.64. The Morgan fingerprint density at radius 2 is 2.29 bits per heavy atom. The Morgan fingerprint density at radius 3 is 3.04 bits per heavy atom. The number of carbonyl (C=O) groups is 1. The normalized spacial score (nSPS) is 11.0. The molecule has 24 heavy (non-hydrogen) atoms. The van der Waals surface area contributed by atoms with Gasteiger partial charge in [-0.25, -0.2) is 0 Å². The molecule has 1 aromatic heterocycles. The molecule has 0 spiro atoms. The van der Waals surface area contributed by atoms with Crippen molar-refractivity contribution in [3.63, 3.8) is 0 Å². The number of thioether (sulfide) groups is 1. The first-order valence-electron chi connectivity index (χ1n) is 7.61. The lowest BCUT2D eigenvalue weighted by Gasteiger charge is -2.08. The summed E-state index contributed by atoms with van der Waals surface area (Å²) in [6.45, 7) is 5.20. The molecule has 9 heteroatoms. The molecule has 2 aromatic rings. The van der Waals surface area contributed by atoms with Crippen LogP contribution in [-0.4, -0.2) is 51.1 Å². The van der Waals surface area contributed by atoms with E-state index >= 15 is 0 Å². The van der Waals surface area contributed by atoms with Gasteiger partial charge in [-0.15, -0.1) is 5.10 Å². The van der Waals surface area contributed by atoms with Crippen LogP contribution in [-0.2, 0) is 9.53 Å². The molecule has 0 atom stereocenters. The zero-order chi connectivity index (χ0) is 17.4. The zero-order valence-corrected chi connectivity index (χ0v) is 15.2. The van der Waals surface area contributed by atoms with Crippen LogP contribution in [0.1, 0.15) is 20.3 Å². The Morgan fingerprint density at radius 1 is 1.46 bits per heavy atom. The number of carbonyl (C=O) groups excluding carboxylic acids is 1. The summed E-state index contributed by atoms with van der Waals surface area (Å²) in [7, 11) is 0. The van der Waals surface area contributed by atoms with Gasteiger partial charge < -0.3 is 10.1 Å². The second-order valence-electron chi connectivity index (χ2n) is 5.26. The highest BCUT2D eigenvalue weighted by Crippen LogP contribution is 2.20. The van der Waals surface area contributed by atoms with Crippen molar-refractivity contribution in [1.82, 2.24) is 25.5 Å². The lowest BCUT2D eigenvalue weighted by molar-refractivity contribution is -0.118. The summed E-state index contributed by atoms with van der Waals surface area (Å²) >= 11 is 7.25. The Labute approximate surface area is 150 Å². The predicted molar refractivity (Wildman–Crippen MR) is 93.6 cm³/mol. The largest absolute Gasteiger partial charge is 0.379 e. The summed E-state index contributed by atoms with van der Waals surface area (Å²) in [6, 6.07) is 7.20. The van der Waals surface area contributed by atoms with Crippen molar-refractivity contribution in [3.8, 4) is 5.69 Å². The quantitative estimate of drug-likeness (QED) is 0.539. The highest BCUT2D eigenvalue weighted by molar-refractivity contribution is 7.99. The van der Waals surface area contributed by atoms with Gasteiger partial charge in [0.1, 0.15) is 0 Å². The molecule has 1 amide bonds. The number of benzene rings is 1. The zero-order valence-electron chi connectivity index (χ0n) is 13.6. The van der Waals surface area contributed by atoms with Gasteiger partial charge in [0.25, 0.3) is 0 Å². The lowest BCUT2D eigenvalue weighted by atomic mass is 10.3. The second kappa shape index (κ2) is 9.61. The number of tetrazole rings is 1. The van der Waals surface area contributed by atoms with Gasteiger partial charge >= 0.3 is 0 Å². The highest BCUT2D eigenvalue weighted by atomic mass is 35.5. The van der Waals surface area contributed by atoms with Crippen molar-refractivity contribution in [2.45, 2.75) is 31.5 Å². The van der Waals surface area contributed by atoms with Gasteiger partial charge in [0.15, 0.2) is 0 Å². The molecule has 1 N–H and O–H groups in total. The molecule has 0 saturated carbocycles. The van der Waals surface area contributed by atoms with Crippen LogP contribution < -0.4 is 5.32 Å². The molecule has 0 unspecified atom stereocenters. The fourth-order valence-corrected chi connectivity index (χ4v) is 2.74. The SMILES string of the molecule is CC(C)OCCCNC(=O)CSc1nnnn1-c1cccc(Cl)c1. The Hall–Kier alpha value is -1.64. The first-order valence-corrected chi connectivity index (χ1v) is 8.98. The monoisotopic (exact) mass is 369 g/mol. The van der Waals surface area contributed by atoms with E-state index in [9.17, 15) is 4.79 Å². The maximum atomic E-state index is 11.9. The van der Waals surface area contributed by atoms with Gasteiger partial charge in [0.2, 0.25) is 11.1 Å². The van der Waals surface area contributed by atoms with Gasteiger partial charge in [-0.05, 0) is 48.9 Å². The number of rotatable bonds is 9. The van der Waals surface area contributed by atoms with E-state index in [4.69, 9.17) is 16.3 Å². The van der Waals surface area contributed by atoms with E-state index in [2.05, 4.69) is 20.8 Å². The summed E-state index contributed by atoms with van der Waals surface area (Å²) < 4.78 is 6.98. The van der Waals surface area contributed by atoms with Crippen molar-refractivity contribution in [3.05, 3.63) is 29.3 Å². The van der Waals surface area contributed by atoms with E-state index in [-0.39, 0.29) is 17.8 Å². The number of hydrogen-bond donors (Lipinski definition) is 1. The molecule has 130 valence electrons. The van der Waals surface area contributed by atoms with E-state index < -0.39 is 0 Å². The minimum Gasteiger partial charge on any atom is -0.379 e. The molecule has 0 aliphatic carbocycles. The van der Waals surface area contributed by atoms with E-state index in [1.807, 2.05) is 26.0 Å². The molecule has 0 fully saturated rings. The summed E-state index contributed by atoms with van der Waals surface area (Å²) in [4.78, 5) is 11.9. The number of halogens is 1. The number of ether oxygens (including phenoxy) is 1. The molecule has 1 aromatic carbocycles. The topological polar surface area (TPSA) is 81.9 Å². The smallest absolute Gasteiger partial charge is 0.230 e. The fourth-order valence-electron chi connectivity index (χ4n) is 1.84. The molecule has 1 heterocycles. The van der Waals surface area contributed by atoms with Gasteiger partial charge in [-0.3, -0.25) is 4.79 Å². The molecule has 0 aliphatic heterocycles. The van der Waals surface area contributed by atoms with Crippen LogP contribution in [0.5, 0.6) is 0 Å². The van der Waals surface area contributed by atoms with Gasteiger partial charge in [-0.1, -0.05) is 29.4 Å². The number of aromatic nitrogens is 4. The highest BCUT2D eigenvalue weighted by Gasteiger charge is 2.11. The maximum Gasteiger partial charge on any atom is 0.230 e. The standard InChI is InChI=1S/C15H20ClN5O2S/c1-11(2)23-8-4-7-17-14(22)10-24-15-18-19-20-21(15)13-6-3-5-12(16)9-13/h3,5-6,9,11H,4,7-8,10H2,1-2H3,(H,17,22). The molecule has 0 aliphatic rings. The fraction of sp³-hybridized carbons (Fsp3) is 0.467. The van der Waals surface area contributed by atoms with Crippen molar-refractivity contribution >= 4 is 29.3 Å². The molecule has 7 nitrogen and oxygen atoms in total. The van der Waals surface area contributed by atoms with Crippen LogP contribution in [0.2, 0.25) is 5.02 Å². The summed E-state index contributed by atoms with van der Waals surface area (Å²) in [6.07, 6.45) is 0.996. The number of hydrogen-bond acceptors (Lipinski definition) is 6. The van der Waals surface area contributed by atoms with Crippen molar-refractivity contribution in [2.75, 3.05) is 18.9 Å². The Bertz CT molecular complexity index is 665. The number of nitrogens with one attached hydrogen (secondary N) is 1. The van der Waals surface area contributed by atoms with Gasteiger partial charge in [-0.2, -0.15) is 4.68 Å². The molecular formula is C15H20ClN5O2S. The van der Waals surface area contributed by atoms with Crippen molar-refractivity contribution in [2.24, 2.45) is 0 Å². The van der Waals surface area contributed by atoms with Crippen LogP contribution in [0.3, 0.4) is 0 Å². The first kappa shape index (κ1) is 18.7. The van der Waals surface area contributed by atoms with Gasteiger partial charge in [0, 0.05) is 18.2 Å². The van der Waals surface area contributed by atoms with Crippen LogP contribution in [0.4, 0.5) is 0 Å². The molecular weight excluding hydrogens is 350 g/mol. The van der Waals surface area contributed by atoms with Gasteiger partial charge in [0.05, 0.1) is 17.5 Å². The molecule has 0 radical (unpaired) electrons. The molecule has 0 bridgehead atoms. The van der Waals surface area contributed by atoms with E-state index in [1.54, 1.807) is 16.8 Å². The van der Waals surface area contributed by atoms with Crippen LogP contribution in [0.25, 0.3) is 5.69 Å². The Kier molecular flexibility index (Phi) is 7.48. The first-order chi connectivity index (χ1) is 11.6. The number of nitrogens with zero attached hydrogens (tertiary/aromatic N) is 4. The average molecular weight is 370 g/mol. The van der Waals surface area contributed by atoms with E-state index in [0.717, 1.165) is 12.1 Å².